The molecule has 0 saturated heterocycles. The molecule has 0 aliphatic rings. The summed E-state index contributed by atoms with van der Waals surface area (Å²) in [6.45, 7) is 6.26. The second-order valence-electron chi connectivity index (χ2n) is 5.27. The number of nitrogens with one attached hydrogen (secondary N) is 1. The highest BCUT2D eigenvalue weighted by atomic mass is 28.4. The lowest BCUT2D eigenvalue weighted by Gasteiger charge is -2.14. The standard InChI is InChI=1S/C14H33NO2Si/c1-3-15-13-11-9-7-5-6-8-10-12-14-18(16,17)4-2/h15-17H,3-14H2,1-2H3. The van der Waals surface area contributed by atoms with Crippen molar-refractivity contribution in [2.75, 3.05) is 13.1 Å². The van der Waals surface area contributed by atoms with Crippen molar-refractivity contribution in [1.29, 1.82) is 0 Å². The molecule has 0 aromatic carbocycles. The zero-order valence-electron chi connectivity index (χ0n) is 12.4. The summed E-state index contributed by atoms with van der Waals surface area (Å²) in [5.74, 6) is 0. The molecule has 0 radical (unpaired) electrons. The Bertz CT molecular complexity index is 177. The third-order valence-electron chi connectivity index (χ3n) is 3.50. The Balaban J connectivity index is 3.08. The first-order valence-corrected chi connectivity index (χ1v) is 10.1. The lowest BCUT2D eigenvalue weighted by Crippen LogP contribution is -2.32. The van der Waals surface area contributed by atoms with E-state index < -0.39 is 8.56 Å². The van der Waals surface area contributed by atoms with E-state index in [0.29, 0.717) is 12.1 Å². The predicted molar refractivity (Wildman–Crippen MR) is 81.0 cm³/mol. The van der Waals surface area contributed by atoms with Crippen LogP contribution in [0.2, 0.25) is 12.1 Å². The topological polar surface area (TPSA) is 52.5 Å². The SMILES string of the molecule is CCNCCCCCCCCCC[Si](O)(O)CC. The number of hydrogen-bond donors (Lipinski definition) is 3. The van der Waals surface area contributed by atoms with Gasteiger partial charge in [0.05, 0.1) is 0 Å². The van der Waals surface area contributed by atoms with E-state index in [1.54, 1.807) is 0 Å². The first-order valence-electron chi connectivity index (χ1n) is 7.78. The third kappa shape index (κ3) is 12.6. The molecule has 4 heteroatoms. The molecule has 0 unspecified atom stereocenters. The van der Waals surface area contributed by atoms with Gasteiger partial charge < -0.3 is 14.9 Å². The Kier molecular flexibility index (Phi) is 12.2. The van der Waals surface area contributed by atoms with Gasteiger partial charge in [-0.2, -0.15) is 0 Å². The second kappa shape index (κ2) is 12.1. The van der Waals surface area contributed by atoms with E-state index in [1.807, 2.05) is 6.92 Å². The molecule has 3 N–H and O–H groups in total. The summed E-state index contributed by atoms with van der Waals surface area (Å²) in [6, 6.07) is 1.23. The predicted octanol–water partition coefficient (Wildman–Crippen LogP) is 3.16. The van der Waals surface area contributed by atoms with Crippen LogP contribution in [0.25, 0.3) is 0 Å². The molecule has 0 aromatic heterocycles. The summed E-state index contributed by atoms with van der Waals surface area (Å²) in [6.07, 6.45) is 10.0. The lowest BCUT2D eigenvalue weighted by atomic mass is 10.1. The van der Waals surface area contributed by atoms with Gasteiger partial charge >= 0.3 is 8.56 Å². The molecule has 0 rings (SSSR count). The average Bonchev–Trinajstić information content (AvgIpc) is 2.36. The summed E-state index contributed by atoms with van der Waals surface area (Å²) >= 11 is 0. The molecule has 3 nitrogen and oxygen atoms in total. The van der Waals surface area contributed by atoms with Crippen LogP contribution in [0.15, 0.2) is 0 Å². The molecule has 18 heavy (non-hydrogen) atoms. The molecule has 0 aliphatic carbocycles. The van der Waals surface area contributed by atoms with Crippen LogP contribution in [0.3, 0.4) is 0 Å². The quantitative estimate of drug-likeness (QED) is 0.357. The van der Waals surface area contributed by atoms with Crippen LogP contribution >= 0.6 is 0 Å². The van der Waals surface area contributed by atoms with E-state index in [1.165, 1.54) is 38.5 Å². The van der Waals surface area contributed by atoms with Crippen molar-refractivity contribution in [3.05, 3.63) is 0 Å². The minimum absolute atomic E-state index is 0.568. The van der Waals surface area contributed by atoms with Crippen LogP contribution in [0, 0.1) is 0 Å². The summed E-state index contributed by atoms with van der Waals surface area (Å²) < 4.78 is 0. The van der Waals surface area contributed by atoms with Gasteiger partial charge in [0.15, 0.2) is 0 Å². The first kappa shape index (κ1) is 18.1. The van der Waals surface area contributed by atoms with Gasteiger partial charge in [0.2, 0.25) is 0 Å². The third-order valence-corrected chi connectivity index (χ3v) is 5.78. The van der Waals surface area contributed by atoms with Gasteiger partial charge in [-0.3, -0.25) is 0 Å². The Hall–Kier alpha value is 0.0969. The molecular formula is C14H33NO2Si. The molecule has 0 spiro atoms. The van der Waals surface area contributed by atoms with E-state index in [2.05, 4.69) is 12.2 Å². The van der Waals surface area contributed by atoms with E-state index in [9.17, 15) is 9.59 Å². The lowest BCUT2D eigenvalue weighted by molar-refractivity contribution is 0.356. The Morgan fingerprint density at radius 3 is 1.78 bits per heavy atom. The van der Waals surface area contributed by atoms with E-state index in [4.69, 9.17) is 0 Å². The fourth-order valence-corrected chi connectivity index (χ4v) is 3.24. The van der Waals surface area contributed by atoms with Crippen LogP contribution < -0.4 is 5.32 Å². The van der Waals surface area contributed by atoms with Gasteiger partial charge in [0.25, 0.3) is 0 Å². The molecule has 0 saturated carbocycles. The Morgan fingerprint density at radius 1 is 0.778 bits per heavy atom. The van der Waals surface area contributed by atoms with Crippen LogP contribution in [-0.2, 0) is 0 Å². The van der Waals surface area contributed by atoms with Crippen molar-refractivity contribution in [2.45, 2.75) is 77.3 Å². The molecule has 0 fully saturated rings. The zero-order chi connectivity index (χ0) is 13.7. The van der Waals surface area contributed by atoms with Gasteiger partial charge in [-0.1, -0.05) is 58.8 Å². The van der Waals surface area contributed by atoms with Crippen LogP contribution in [-0.4, -0.2) is 31.2 Å². The van der Waals surface area contributed by atoms with Gasteiger partial charge in [-0.15, -0.1) is 0 Å². The largest absolute Gasteiger partial charge is 0.411 e. The van der Waals surface area contributed by atoms with Gasteiger partial charge in [-0.05, 0) is 31.6 Å². The summed E-state index contributed by atoms with van der Waals surface area (Å²) in [4.78, 5) is 19.1. The maximum Gasteiger partial charge on any atom is 0.332 e. The number of hydrogen-bond acceptors (Lipinski definition) is 3. The van der Waals surface area contributed by atoms with Gasteiger partial charge in [-0.25, -0.2) is 0 Å². The van der Waals surface area contributed by atoms with Gasteiger partial charge in [0, 0.05) is 0 Å². The fraction of sp³-hybridized carbons (Fsp3) is 1.00. The Morgan fingerprint density at radius 2 is 1.28 bits per heavy atom. The maximum absolute atomic E-state index is 9.56. The van der Waals surface area contributed by atoms with E-state index in [0.717, 1.165) is 25.9 Å². The molecule has 0 aliphatic heterocycles. The second-order valence-corrected chi connectivity index (χ2v) is 8.44. The molecule has 0 atom stereocenters. The van der Waals surface area contributed by atoms with E-state index in [-0.39, 0.29) is 0 Å². The van der Waals surface area contributed by atoms with Crippen LogP contribution in [0.1, 0.15) is 65.2 Å². The zero-order valence-corrected chi connectivity index (χ0v) is 13.4. The summed E-state index contributed by atoms with van der Waals surface area (Å²) in [5, 5.41) is 3.34. The minimum Gasteiger partial charge on any atom is -0.411 e. The van der Waals surface area contributed by atoms with E-state index >= 15 is 0 Å². The molecular weight excluding hydrogens is 242 g/mol. The highest BCUT2D eigenvalue weighted by Gasteiger charge is 2.24. The number of unbranched alkanes of at least 4 members (excludes halogenated alkanes) is 7. The van der Waals surface area contributed by atoms with Crippen molar-refractivity contribution >= 4 is 8.56 Å². The number of rotatable bonds is 13. The Labute approximate surface area is 114 Å². The maximum atomic E-state index is 9.56. The molecule has 0 bridgehead atoms. The highest BCUT2D eigenvalue weighted by Crippen LogP contribution is 2.15. The fourth-order valence-electron chi connectivity index (χ4n) is 2.07. The molecule has 0 heterocycles. The van der Waals surface area contributed by atoms with Gasteiger partial charge in [0.1, 0.15) is 0 Å². The van der Waals surface area contributed by atoms with Crippen molar-refractivity contribution in [3.63, 3.8) is 0 Å². The monoisotopic (exact) mass is 275 g/mol. The first-order chi connectivity index (χ1) is 8.62. The highest BCUT2D eigenvalue weighted by molar-refractivity contribution is 6.64. The van der Waals surface area contributed by atoms with Crippen molar-refractivity contribution < 1.29 is 9.59 Å². The smallest absolute Gasteiger partial charge is 0.332 e. The summed E-state index contributed by atoms with van der Waals surface area (Å²) in [7, 11) is -2.78. The average molecular weight is 276 g/mol. The molecule has 0 amide bonds. The normalized spacial score (nSPS) is 12.0. The molecule has 0 aromatic rings. The van der Waals surface area contributed by atoms with Crippen molar-refractivity contribution in [3.8, 4) is 0 Å². The van der Waals surface area contributed by atoms with Crippen LogP contribution in [0.5, 0.6) is 0 Å². The van der Waals surface area contributed by atoms with Crippen molar-refractivity contribution in [1.82, 2.24) is 5.32 Å². The van der Waals surface area contributed by atoms with Crippen LogP contribution in [0.4, 0.5) is 0 Å². The summed E-state index contributed by atoms with van der Waals surface area (Å²) in [5.41, 5.74) is 0. The van der Waals surface area contributed by atoms with Crippen molar-refractivity contribution in [2.24, 2.45) is 0 Å². The molecule has 110 valence electrons. The minimum atomic E-state index is -2.78.